The quantitative estimate of drug-likeness (QED) is 0.843. The van der Waals surface area contributed by atoms with Gasteiger partial charge in [0.2, 0.25) is 5.91 Å². The van der Waals surface area contributed by atoms with Gasteiger partial charge in [-0.1, -0.05) is 12.5 Å². The number of carbonyl (C=O) groups excluding carboxylic acids is 1. The highest BCUT2D eigenvalue weighted by molar-refractivity contribution is 9.10. The Balaban J connectivity index is 2.19. The average molecular weight is 312 g/mol. The zero-order valence-electron chi connectivity index (χ0n) is 10.00. The summed E-state index contributed by atoms with van der Waals surface area (Å²) >= 11 is 3.36. The van der Waals surface area contributed by atoms with Crippen LogP contribution in [0.5, 0.6) is 0 Å². The molecule has 2 rings (SSSR count). The first kappa shape index (κ1) is 13.1. The number of aryl methyl sites for hydroxylation is 1. The summed E-state index contributed by atoms with van der Waals surface area (Å²) in [7, 11) is 0. The third-order valence-corrected chi connectivity index (χ3v) is 4.08. The number of carboxylic acid groups (broad SMARTS) is 1. The van der Waals surface area contributed by atoms with E-state index < -0.39 is 17.3 Å². The van der Waals surface area contributed by atoms with E-state index in [9.17, 15) is 14.7 Å². The fourth-order valence-corrected chi connectivity index (χ4v) is 2.62. The lowest BCUT2D eigenvalue weighted by Gasteiger charge is -2.35. The minimum absolute atomic E-state index is 0.414. The van der Waals surface area contributed by atoms with E-state index in [4.69, 9.17) is 0 Å². The van der Waals surface area contributed by atoms with Crippen LogP contribution in [0.15, 0.2) is 22.7 Å². The average Bonchev–Trinajstić information content (AvgIpc) is 2.19. The van der Waals surface area contributed by atoms with Crippen molar-refractivity contribution in [2.24, 2.45) is 5.41 Å². The molecular weight excluding hydrogens is 298 g/mol. The first-order chi connectivity index (χ1) is 8.45. The van der Waals surface area contributed by atoms with E-state index in [1.165, 1.54) is 0 Å². The van der Waals surface area contributed by atoms with Crippen LogP contribution in [0.4, 0.5) is 5.69 Å². The molecule has 0 atom stereocenters. The second-order valence-corrected chi connectivity index (χ2v) is 5.53. The number of carbonyl (C=O) groups is 2. The summed E-state index contributed by atoms with van der Waals surface area (Å²) in [4.78, 5) is 23.3. The van der Waals surface area contributed by atoms with Crippen molar-refractivity contribution < 1.29 is 14.7 Å². The third-order valence-electron chi connectivity index (χ3n) is 3.42. The highest BCUT2D eigenvalue weighted by Crippen LogP contribution is 2.42. The van der Waals surface area contributed by atoms with Gasteiger partial charge in [0, 0.05) is 4.47 Å². The number of aliphatic carboxylic acids is 1. The van der Waals surface area contributed by atoms with Gasteiger partial charge < -0.3 is 10.4 Å². The predicted octanol–water partition coefficient (Wildman–Crippen LogP) is 2.95. The van der Waals surface area contributed by atoms with Crippen LogP contribution in [0.2, 0.25) is 0 Å². The molecule has 2 N–H and O–H groups in total. The van der Waals surface area contributed by atoms with Crippen LogP contribution in [0.1, 0.15) is 24.8 Å². The summed E-state index contributed by atoms with van der Waals surface area (Å²) < 4.78 is 0.760. The van der Waals surface area contributed by atoms with Crippen LogP contribution in [-0.2, 0) is 9.59 Å². The summed E-state index contributed by atoms with van der Waals surface area (Å²) in [5.41, 5.74) is 0.444. The Hall–Kier alpha value is -1.36. The number of rotatable bonds is 3. The standard InChI is InChI=1S/C13H14BrNO3/c1-8-3-4-10(9(14)7-8)15-11(16)13(12(17)18)5-2-6-13/h3-4,7H,2,5-6H2,1H3,(H,15,16)(H,17,18). The molecule has 0 bridgehead atoms. The second-order valence-electron chi connectivity index (χ2n) is 4.68. The fraction of sp³-hybridized carbons (Fsp3) is 0.385. The molecule has 0 spiro atoms. The van der Waals surface area contributed by atoms with Crippen molar-refractivity contribution in [3.8, 4) is 0 Å². The van der Waals surface area contributed by atoms with Gasteiger partial charge in [-0.2, -0.15) is 0 Å². The smallest absolute Gasteiger partial charge is 0.319 e. The van der Waals surface area contributed by atoms with E-state index in [0.29, 0.717) is 18.5 Å². The van der Waals surface area contributed by atoms with Gasteiger partial charge in [0.05, 0.1) is 5.69 Å². The van der Waals surface area contributed by atoms with Crippen LogP contribution in [0.25, 0.3) is 0 Å². The van der Waals surface area contributed by atoms with Crippen molar-refractivity contribution in [3.63, 3.8) is 0 Å². The van der Waals surface area contributed by atoms with E-state index >= 15 is 0 Å². The maximum Gasteiger partial charge on any atom is 0.319 e. The van der Waals surface area contributed by atoms with Crippen LogP contribution in [0, 0.1) is 12.3 Å². The maximum atomic E-state index is 12.1. The number of amides is 1. The second kappa shape index (κ2) is 4.72. The Morgan fingerprint density at radius 2 is 2.06 bits per heavy atom. The minimum Gasteiger partial charge on any atom is -0.480 e. The lowest BCUT2D eigenvalue weighted by molar-refractivity contribution is -0.159. The lowest BCUT2D eigenvalue weighted by atomic mass is 9.68. The molecule has 18 heavy (non-hydrogen) atoms. The minimum atomic E-state index is -1.23. The van der Waals surface area contributed by atoms with Gasteiger partial charge in [-0.15, -0.1) is 0 Å². The van der Waals surface area contributed by atoms with Crippen molar-refractivity contribution in [2.75, 3.05) is 5.32 Å². The van der Waals surface area contributed by atoms with Crippen molar-refractivity contribution in [2.45, 2.75) is 26.2 Å². The summed E-state index contributed by atoms with van der Waals surface area (Å²) in [6.45, 7) is 1.95. The van der Waals surface area contributed by atoms with Gasteiger partial charge in [0.15, 0.2) is 0 Å². The molecule has 96 valence electrons. The SMILES string of the molecule is Cc1ccc(NC(=O)C2(C(=O)O)CCC2)c(Br)c1. The molecule has 0 radical (unpaired) electrons. The van der Waals surface area contributed by atoms with Gasteiger partial charge in [-0.25, -0.2) is 0 Å². The summed E-state index contributed by atoms with van der Waals surface area (Å²) in [6, 6.07) is 5.52. The van der Waals surface area contributed by atoms with Gasteiger partial charge in [0.1, 0.15) is 5.41 Å². The molecule has 1 saturated carbocycles. The van der Waals surface area contributed by atoms with E-state index in [2.05, 4.69) is 21.2 Å². The highest BCUT2D eigenvalue weighted by Gasteiger charge is 2.51. The molecule has 1 aliphatic rings. The monoisotopic (exact) mass is 311 g/mol. The Labute approximate surface area is 114 Å². The first-order valence-electron chi connectivity index (χ1n) is 5.77. The van der Waals surface area contributed by atoms with Crippen molar-refractivity contribution in [1.82, 2.24) is 0 Å². The molecule has 0 heterocycles. The topological polar surface area (TPSA) is 66.4 Å². The molecule has 5 heteroatoms. The Bertz CT molecular complexity index is 509. The van der Waals surface area contributed by atoms with E-state index in [1.807, 2.05) is 19.1 Å². The normalized spacial score (nSPS) is 16.8. The molecule has 1 amide bonds. The molecule has 0 aromatic heterocycles. The van der Waals surface area contributed by atoms with Gasteiger partial charge in [0.25, 0.3) is 0 Å². The van der Waals surface area contributed by atoms with Crippen molar-refractivity contribution in [1.29, 1.82) is 0 Å². The molecule has 0 aliphatic heterocycles. The summed E-state index contributed by atoms with van der Waals surface area (Å²) in [5.74, 6) is -1.46. The Morgan fingerprint density at radius 1 is 1.39 bits per heavy atom. The lowest BCUT2D eigenvalue weighted by Crippen LogP contribution is -2.48. The van der Waals surface area contributed by atoms with E-state index in [1.54, 1.807) is 6.07 Å². The molecule has 1 aromatic carbocycles. The number of anilines is 1. The molecule has 0 saturated heterocycles. The van der Waals surface area contributed by atoms with Crippen LogP contribution in [-0.4, -0.2) is 17.0 Å². The molecule has 0 unspecified atom stereocenters. The molecule has 1 fully saturated rings. The molecule has 1 aliphatic carbocycles. The van der Waals surface area contributed by atoms with Crippen LogP contribution in [0.3, 0.4) is 0 Å². The Kier molecular flexibility index (Phi) is 3.43. The molecule has 1 aromatic rings. The first-order valence-corrected chi connectivity index (χ1v) is 6.56. The zero-order chi connectivity index (χ0) is 13.3. The van der Waals surface area contributed by atoms with E-state index in [0.717, 1.165) is 16.5 Å². The fourth-order valence-electron chi connectivity index (χ4n) is 2.03. The largest absolute Gasteiger partial charge is 0.480 e. The van der Waals surface area contributed by atoms with Gasteiger partial charge in [-0.3, -0.25) is 9.59 Å². The van der Waals surface area contributed by atoms with E-state index in [-0.39, 0.29) is 0 Å². The summed E-state index contributed by atoms with van der Waals surface area (Å²) in [6.07, 6.45) is 1.62. The number of carboxylic acids is 1. The number of hydrogen-bond donors (Lipinski definition) is 2. The molecular formula is C13H14BrNO3. The Morgan fingerprint density at radius 3 is 2.50 bits per heavy atom. The maximum absolute atomic E-state index is 12.1. The highest BCUT2D eigenvalue weighted by atomic mass is 79.9. The summed E-state index contributed by atoms with van der Waals surface area (Å²) in [5, 5.41) is 11.9. The van der Waals surface area contributed by atoms with Crippen LogP contribution < -0.4 is 5.32 Å². The van der Waals surface area contributed by atoms with Crippen LogP contribution >= 0.6 is 15.9 Å². The van der Waals surface area contributed by atoms with Crippen molar-refractivity contribution in [3.05, 3.63) is 28.2 Å². The number of benzene rings is 1. The van der Waals surface area contributed by atoms with Crippen molar-refractivity contribution >= 4 is 33.5 Å². The third kappa shape index (κ3) is 2.14. The number of nitrogens with one attached hydrogen (secondary N) is 1. The predicted molar refractivity (Wildman–Crippen MR) is 71.4 cm³/mol. The van der Waals surface area contributed by atoms with Gasteiger partial charge in [-0.05, 0) is 53.4 Å². The molecule has 4 nitrogen and oxygen atoms in total. The number of halogens is 1. The zero-order valence-corrected chi connectivity index (χ0v) is 11.6. The number of hydrogen-bond acceptors (Lipinski definition) is 2. The van der Waals surface area contributed by atoms with Gasteiger partial charge >= 0.3 is 5.97 Å².